The molecule has 1 aliphatic carbocycles. The molecule has 0 spiro atoms. The molecule has 0 bridgehead atoms. The Balaban J connectivity index is 1.91. The van der Waals surface area contributed by atoms with Crippen molar-refractivity contribution in [2.45, 2.75) is 44.6 Å². The summed E-state index contributed by atoms with van der Waals surface area (Å²) in [5, 5.41) is 0.781. The van der Waals surface area contributed by atoms with Crippen LogP contribution in [0.1, 0.15) is 50.1 Å². The van der Waals surface area contributed by atoms with E-state index in [4.69, 9.17) is 17.4 Å². The van der Waals surface area contributed by atoms with Gasteiger partial charge in [-0.05, 0) is 36.5 Å². The molecule has 0 heterocycles. The number of rotatable bonds is 5. The number of benzene rings is 1. The van der Waals surface area contributed by atoms with Gasteiger partial charge in [-0.1, -0.05) is 49.4 Å². The second-order valence-electron chi connectivity index (χ2n) is 5.00. The Kier molecular flexibility index (Phi) is 4.84. The van der Waals surface area contributed by atoms with Crippen LogP contribution in [0, 0.1) is 5.92 Å². The third-order valence-electron chi connectivity index (χ3n) is 3.79. The molecule has 1 atom stereocenters. The van der Waals surface area contributed by atoms with Gasteiger partial charge in [-0.25, -0.2) is 0 Å². The highest BCUT2D eigenvalue weighted by molar-refractivity contribution is 6.30. The van der Waals surface area contributed by atoms with Gasteiger partial charge < -0.3 is 0 Å². The lowest BCUT2D eigenvalue weighted by Gasteiger charge is -2.18. The summed E-state index contributed by atoms with van der Waals surface area (Å²) >= 11 is 6.00. The third kappa shape index (κ3) is 3.70. The van der Waals surface area contributed by atoms with Crippen LogP contribution in [0.5, 0.6) is 0 Å². The summed E-state index contributed by atoms with van der Waals surface area (Å²) < 4.78 is 0. The lowest BCUT2D eigenvalue weighted by molar-refractivity contribution is 0.416. The van der Waals surface area contributed by atoms with Gasteiger partial charge in [0.25, 0.3) is 0 Å². The van der Waals surface area contributed by atoms with Crippen molar-refractivity contribution in [2.75, 3.05) is 0 Å². The van der Waals surface area contributed by atoms with Gasteiger partial charge in [-0.2, -0.15) is 0 Å². The first-order chi connectivity index (χ1) is 8.29. The Morgan fingerprint density at radius 2 is 2.12 bits per heavy atom. The molecule has 2 nitrogen and oxygen atoms in total. The van der Waals surface area contributed by atoms with Crippen LogP contribution in [0.2, 0.25) is 5.02 Å². The van der Waals surface area contributed by atoms with E-state index in [0.717, 1.165) is 17.4 Å². The van der Waals surface area contributed by atoms with Gasteiger partial charge in [0.2, 0.25) is 0 Å². The van der Waals surface area contributed by atoms with Crippen molar-refractivity contribution in [1.29, 1.82) is 0 Å². The highest BCUT2D eigenvalue weighted by Crippen LogP contribution is 2.31. The second kappa shape index (κ2) is 6.39. The number of hydrogen-bond acceptors (Lipinski definition) is 2. The minimum Gasteiger partial charge on any atom is -0.271 e. The monoisotopic (exact) mass is 252 g/mol. The molecule has 0 aliphatic heterocycles. The lowest BCUT2D eigenvalue weighted by Crippen LogP contribution is -2.28. The van der Waals surface area contributed by atoms with E-state index < -0.39 is 0 Å². The highest BCUT2D eigenvalue weighted by Gasteiger charge is 2.17. The number of nitrogens with two attached hydrogens (primary N) is 1. The molecule has 0 saturated heterocycles. The molecule has 94 valence electrons. The van der Waals surface area contributed by atoms with Crippen molar-refractivity contribution in [3.63, 3.8) is 0 Å². The SMILES string of the molecule is NNC(CCC1CCCC1)c1cccc(Cl)c1. The van der Waals surface area contributed by atoms with Crippen molar-refractivity contribution < 1.29 is 0 Å². The smallest absolute Gasteiger partial charge is 0.0460 e. The number of hydrazine groups is 1. The standard InChI is InChI=1S/C14H21ClN2/c15-13-7-3-6-12(10-13)14(17-16)9-8-11-4-1-2-5-11/h3,6-7,10-11,14,17H,1-2,4-5,8-9,16H2. The van der Waals surface area contributed by atoms with Gasteiger partial charge in [0, 0.05) is 11.1 Å². The van der Waals surface area contributed by atoms with E-state index in [0.29, 0.717) is 0 Å². The van der Waals surface area contributed by atoms with Crippen LogP contribution in [0.25, 0.3) is 0 Å². The van der Waals surface area contributed by atoms with Crippen LogP contribution in [-0.4, -0.2) is 0 Å². The molecule has 1 aromatic carbocycles. The maximum absolute atomic E-state index is 6.00. The van der Waals surface area contributed by atoms with Crippen LogP contribution in [-0.2, 0) is 0 Å². The van der Waals surface area contributed by atoms with Gasteiger partial charge in [0.1, 0.15) is 0 Å². The number of hydrogen-bond donors (Lipinski definition) is 2. The van der Waals surface area contributed by atoms with Crippen molar-refractivity contribution >= 4 is 11.6 Å². The van der Waals surface area contributed by atoms with Crippen LogP contribution in [0.15, 0.2) is 24.3 Å². The van der Waals surface area contributed by atoms with Crippen molar-refractivity contribution in [3.8, 4) is 0 Å². The van der Waals surface area contributed by atoms with E-state index in [1.165, 1.54) is 37.7 Å². The fraction of sp³-hybridized carbons (Fsp3) is 0.571. The van der Waals surface area contributed by atoms with E-state index in [1.807, 2.05) is 18.2 Å². The topological polar surface area (TPSA) is 38.0 Å². The van der Waals surface area contributed by atoms with Crippen LogP contribution in [0.3, 0.4) is 0 Å². The summed E-state index contributed by atoms with van der Waals surface area (Å²) in [7, 11) is 0. The Hall–Kier alpha value is -0.570. The molecular weight excluding hydrogens is 232 g/mol. The second-order valence-corrected chi connectivity index (χ2v) is 5.44. The van der Waals surface area contributed by atoms with Gasteiger partial charge >= 0.3 is 0 Å². The normalized spacial score (nSPS) is 18.5. The Labute approximate surface area is 109 Å². The zero-order chi connectivity index (χ0) is 12.1. The fourth-order valence-electron chi connectivity index (χ4n) is 2.77. The van der Waals surface area contributed by atoms with Gasteiger partial charge in [0.15, 0.2) is 0 Å². The van der Waals surface area contributed by atoms with Crippen molar-refractivity contribution in [2.24, 2.45) is 11.8 Å². The maximum Gasteiger partial charge on any atom is 0.0460 e. The first kappa shape index (κ1) is 12.9. The molecule has 17 heavy (non-hydrogen) atoms. The summed E-state index contributed by atoms with van der Waals surface area (Å²) in [5.41, 5.74) is 4.10. The molecule has 0 radical (unpaired) electrons. The summed E-state index contributed by atoms with van der Waals surface area (Å²) in [5.74, 6) is 6.55. The molecule has 0 aromatic heterocycles. The predicted octanol–water partition coefficient (Wildman–Crippen LogP) is 3.81. The first-order valence-electron chi connectivity index (χ1n) is 6.51. The molecule has 3 heteroatoms. The van der Waals surface area contributed by atoms with Crippen LogP contribution >= 0.6 is 11.6 Å². The van der Waals surface area contributed by atoms with Crippen molar-refractivity contribution in [3.05, 3.63) is 34.9 Å². The average molecular weight is 253 g/mol. The quantitative estimate of drug-likeness (QED) is 0.618. The molecule has 1 unspecified atom stereocenters. The molecule has 1 saturated carbocycles. The minimum absolute atomic E-state index is 0.231. The minimum atomic E-state index is 0.231. The van der Waals surface area contributed by atoms with E-state index in [-0.39, 0.29) is 6.04 Å². The largest absolute Gasteiger partial charge is 0.271 e. The van der Waals surface area contributed by atoms with Crippen molar-refractivity contribution in [1.82, 2.24) is 5.43 Å². The van der Waals surface area contributed by atoms with Crippen LogP contribution in [0.4, 0.5) is 0 Å². The average Bonchev–Trinajstić information content (AvgIpc) is 2.83. The molecule has 2 rings (SSSR count). The zero-order valence-electron chi connectivity index (χ0n) is 10.2. The predicted molar refractivity (Wildman–Crippen MR) is 72.7 cm³/mol. The molecule has 1 fully saturated rings. The first-order valence-corrected chi connectivity index (χ1v) is 6.89. The van der Waals surface area contributed by atoms with E-state index in [9.17, 15) is 0 Å². The molecular formula is C14H21ClN2. The van der Waals surface area contributed by atoms with E-state index in [1.54, 1.807) is 0 Å². The summed E-state index contributed by atoms with van der Waals surface area (Å²) in [6.45, 7) is 0. The lowest BCUT2D eigenvalue weighted by atomic mass is 9.95. The fourth-order valence-corrected chi connectivity index (χ4v) is 2.97. The molecule has 1 aromatic rings. The van der Waals surface area contributed by atoms with Gasteiger partial charge in [0.05, 0.1) is 0 Å². The van der Waals surface area contributed by atoms with Crippen LogP contribution < -0.4 is 11.3 Å². The Morgan fingerprint density at radius 3 is 2.76 bits per heavy atom. The van der Waals surface area contributed by atoms with Gasteiger partial charge in [-0.15, -0.1) is 0 Å². The maximum atomic E-state index is 6.00. The zero-order valence-corrected chi connectivity index (χ0v) is 10.9. The summed E-state index contributed by atoms with van der Waals surface area (Å²) in [4.78, 5) is 0. The number of halogens is 1. The molecule has 3 N–H and O–H groups in total. The molecule has 1 aliphatic rings. The summed E-state index contributed by atoms with van der Waals surface area (Å²) in [6, 6.07) is 8.20. The highest BCUT2D eigenvalue weighted by atomic mass is 35.5. The van der Waals surface area contributed by atoms with Gasteiger partial charge in [-0.3, -0.25) is 11.3 Å². The Morgan fingerprint density at radius 1 is 1.35 bits per heavy atom. The Bertz CT molecular complexity index is 348. The molecule has 0 amide bonds. The van der Waals surface area contributed by atoms with E-state index >= 15 is 0 Å². The van der Waals surface area contributed by atoms with E-state index in [2.05, 4.69) is 11.5 Å². The number of nitrogens with one attached hydrogen (secondary N) is 1. The summed E-state index contributed by atoms with van der Waals surface area (Å²) in [6.07, 6.45) is 7.97. The third-order valence-corrected chi connectivity index (χ3v) is 4.03.